The smallest absolute Gasteiger partial charge is 0.267 e. The molecule has 5 rings (SSSR count). The normalized spacial score (nSPS) is 10.1. The van der Waals surface area contributed by atoms with Gasteiger partial charge in [0.05, 0.1) is 22.3 Å². The van der Waals surface area contributed by atoms with Crippen LogP contribution < -0.4 is 17.0 Å². The van der Waals surface area contributed by atoms with E-state index in [4.69, 9.17) is 16.5 Å². The van der Waals surface area contributed by atoms with Gasteiger partial charge in [-0.05, 0) is 43.1 Å². The van der Waals surface area contributed by atoms with E-state index >= 15 is 0 Å². The first-order valence-corrected chi connectivity index (χ1v) is 12.6. The van der Waals surface area contributed by atoms with E-state index in [2.05, 4.69) is 40.1 Å². The van der Waals surface area contributed by atoms with Crippen LogP contribution in [0, 0.1) is 11.8 Å². The third-order valence-electron chi connectivity index (χ3n) is 6.05. The molecule has 0 spiro atoms. The van der Waals surface area contributed by atoms with Crippen LogP contribution in [0.1, 0.15) is 39.8 Å². The number of benzene rings is 2. The number of nitrogens with two attached hydrogens (primary N) is 2. The van der Waals surface area contributed by atoms with Crippen LogP contribution >= 0.6 is 0 Å². The summed E-state index contributed by atoms with van der Waals surface area (Å²) in [6.07, 6.45) is 7.02. The summed E-state index contributed by atoms with van der Waals surface area (Å²) in [6, 6.07) is 18.9. The molecule has 5 aromatic rings. The number of aryl methyl sites for hydroxylation is 1. The number of aromatic nitrogens is 4. The van der Waals surface area contributed by atoms with Crippen LogP contribution in [0.15, 0.2) is 95.6 Å². The molecule has 0 aliphatic carbocycles. The summed E-state index contributed by atoms with van der Waals surface area (Å²) in [5, 5.41) is 0.542. The second-order valence-electron chi connectivity index (χ2n) is 8.59. The van der Waals surface area contributed by atoms with E-state index in [-0.39, 0.29) is 16.9 Å². The van der Waals surface area contributed by atoms with Crippen molar-refractivity contribution in [3.8, 4) is 17.5 Å². The Morgan fingerprint density at radius 3 is 2.44 bits per heavy atom. The van der Waals surface area contributed by atoms with Crippen LogP contribution in [0.3, 0.4) is 0 Å². The van der Waals surface area contributed by atoms with Crippen molar-refractivity contribution in [3.63, 3.8) is 0 Å². The summed E-state index contributed by atoms with van der Waals surface area (Å²) in [4.78, 5) is 40.6. The minimum atomic E-state index is -0.680. The highest BCUT2D eigenvalue weighted by atomic mass is 16.1. The highest BCUT2D eigenvalue weighted by Gasteiger charge is 2.15. The molecule has 4 N–H and O–H groups in total. The zero-order valence-corrected chi connectivity index (χ0v) is 22.4. The van der Waals surface area contributed by atoms with Crippen molar-refractivity contribution in [1.29, 1.82) is 0 Å². The number of hydrogen-bond acceptors (Lipinski definition) is 7. The Morgan fingerprint density at radius 1 is 1.07 bits per heavy atom. The Labute approximate surface area is 237 Å². The highest BCUT2D eigenvalue weighted by molar-refractivity contribution is 6.03. The predicted octanol–water partition coefficient (Wildman–Crippen LogP) is 4.48. The molecular formula is C32H27N7O2. The van der Waals surface area contributed by atoms with E-state index in [1.807, 2.05) is 67.6 Å². The Balaban J connectivity index is 0.000000234. The fraction of sp³-hybridized carbons (Fsp3) is 0.0625. The number of amides is 1. The van der Waals surface area contributed by atoms with Gasteiger partial charge in [-0.25, -0.2) is 9.97 Å². The number of rotatable bonds is 5. The summed E-state index contributed by atoms with van der Waals surface area (Å²) in [7, 11) is 0. The van der Waals surface area contributed by atoms with Crippen molar-refractivity contribution in [3.05, 3.63) is 124 Å². The predicted molar refractivity (Wildman–Crippen MR) is 163 cm³/mol. The van der Waals surface area contributed by atoms with E-state index in [1.54, 1.807) is 17.0 Å². The molecule has 0 bridgehead atoms. The maximum absolute atomic E-state index is 13.4. The van der Waals surface area contributed by atoms with Gasteiger partial charge >= 0.3 is 0 Å². The molecule has 202 valence electrons. The molecule has 9 nitrogen and oxygen atoms in total. The molecule has 0 saturated carbocycles. The van der Waals surface area contributed by atoms with Crippen LogP contribution in [0.2, 0.25) is 0 Å². The van der Waals surface area contributed by atoms with Crippen LogP contribution in [0.4, 0.5) is 11.5 Å². The van der Waals surface area contributed by atoms with Gasteiger partial charge in [-0.3, -0.25) is 24.1 Å². The third-order valence-corrected chi connectivity index (χ3v) is 6.05. The number of pyridine rings is 2. The topological polar surface area (TPSA) is 142 Å². The number of aliphatic imine (C=N–C) groups is 1. The number of para-hydroxylation sites is 1. The Kier molecular flexibility index (Phi) is 8.77. The lowest BCUT2D eigenvalue weighted by atomic mass is 10.1. The van der Waals surface area contributed by atoms with Gasteiger partial charge in [-0.1, -0.05) is 55.7 Å². The summed E-state index contributed by atoms with van der Waals surface area (Å²) in [5.74, 6) is 6.33. The van der Waals surface area contributed by atoms with Gasteiger partial charge in [0.15, 0.2) is 0 Å². The maximum Gasteiger partial charge on any atom is 0.267 e. The van der Waals surface area contributed by atoms with E-state index in [1.165, 1.54) is 12.3 Å². The number of fused-ring (bicyclic) bond motifs is 1. The van der Waals surface area contributed by atoms with Crippen molar-refractivity contribution in [1.82, 2.24) is 19.5 Å². The number of nitrogens with zero attached hydrogens (tertiary/aromatic N) is 5. The van der Waals surface area contributed by atoms with E-state index < -0.39 is 5.91 Å². The first kappa shape index (κ1) is 28.1. The van der Waals surface area contributed by atoms with Gasteiger partial charge in [0.2, 0.25) is 0 Å². The fourth-order valence-electron chi connectivity index (χ4n) is 4.13. The van der Waals surface area contributed by atoms with Gasteiger partial charge < -0.3 is 11.5 Å². The molecule has 41 heavy (non-hydrogen) atoms. The highest BCUT2D eigenvalue weighted by Crippen LogP contribution is 2.27. The first-order valence-electron chi connectivity index (χ1n) is 12.6. The molecule has 0 radical (unpaired) electrons. The second-order valence-corrected chi connectivity index (χ2v) is 8.59. The lowest BCUT2D eigenvalue weighted by molar-refractivity contribution is 0.100. The molecular weight excluding hydrogens is 514 g/mol. The van der Waals surface area contributed by atoms with Crippen LogP contribution in [0.5, 0.6) is 0 Å². The quantitative estimate of drug-likeness (QED) is 0.248. The summed E-state index contributed by atoms with van der Waals surface area (Å²) in [6.45, 7) is 8.88. The Morgan fingerprint density at radius 2 is 1.80 bits per heavy atom. The monoisotopic (exact) mass is 541 g/mol. The lowest BCUT2D eigenvalue weighted by Crippen LogP contribution is -2.24. The second kappa shape index (κ2) is 12.8. The zero-order valence-electron chi connectivity index (χ0n) is 22.4. The number of primary amides is 1. The average Bonchev–Trinajstić information content (AvgIpc) is 3.00. The maximum atomic E-state index is 13.4. The summed E-state index contributed by atoms with van der Waals surface area (Å²) in [5.41, 5.74) is 14.5. The van der Waals surface area contributed by atoms with Gasteiger partial charge in [0.25, 0.3) is 11.5 Å². The molecule has 2 aromatic carbocycles. The van der Waals surface area contributed by atoms with Crippen LogP contribution in [-0.2, 0) is 6.42 Å². The molecule has 0 aliphatic heterocycles. The standard InChI is InChI=1S/C23H17N3O.C9H10N4O/c1-2-21-25-20-10-6-7-18(12-11-17-13-15-24-16-14-17)22(20)23(27)26(21)19-8-4-3-5-9-19;1-3-5-4-13-8(10)6(9(11)14)7(5)12-2/h3-10,13-16H,2H2,1H3;3-4H,1-2H2,(H2,10,13)(H2,11,14). The minimum absolute atomic E-state index is 0.0468. The molecule has 0 fully saturated rings. The zero-order chi connectivity index (χ0) is 29.4. The van der Waals surface area contributed by atoms with Gasteiger partial charge in [0.1, 0.15) is 17.2 Å². The van der Waals surface area contributed by atoms with E-state index in [0.29, 0.717) is 34.1 Å². The van der Waals surface area contributed by atoms with Gasteiger partial charge in [-0.15, -0.1) is 0 Å². The number of carbonyl (C=O) groups excluding carboxylic acids is 1. The molecule has 0 atom stereocenters. The van der Waals surface area contributed by atoms with Crippen molar-refractivity contribution in [2.75, 3.05) is 5.73 Å². The Bertz CT molecular complexity index is 1870. The van der Waals surface area contributed by atoms with Crippen molar-refractivity contribution in [2.45, 2.75) is 13.3 Å². The first-order chi connectivity index (χ1) is 19.9. The summed E-state index contributed by atoms with van der Waals surface area (Å²) < 4.78 is 1.68. The molecule has 0 saturated heterocycles. The molecule has 0 aliphatic rings. The lowest BCUT2D eigenvalue weighted by Gasteiger charge is -2.13. The largest absolute Gasteiger partial charge is 0.383 e. The summed E-state index contributed by atoms with van der Waals surface area (Å²) >= 11 is 0. The average molecular weight is 542 g/mol. The molecule has 0 unspecified atom stereocenters. The van der Waals surface area contributed by atoms with Crippen molar-refractivity contribution < 1.29 is 4.79 Å². The van der Waals surface area contributed by atoms with Gasteiger partial charge in [0, 0.05) is 41.7 Å². The number of hydrogen-bond donors (Lipinski definition) is 2. The molecule has 3 heterocycles. The SMILES string of the molecule is C=Cc1cnc(N)c(C(N)=O)c1N=C.CCc1nc2cccc(C#Cc3ccncc3)c2c(=O)n1-c1ccccc1. The third kappa shape index (κ3) is 6.08. The Hall–Kier alpha value is -5.88. The number of carbonyl (C=O) groups is 1. The molecule has 3 aromatic heterocycles. The molecule has 1 amide bonds. The van der Waals surface area contributed by atoms with Crippen LogP contribution in [-0.4, -0.2) is 32.1 Å². The van der Waals surface area contributed by atoms with E-state index in [0.717, 1.165) is 17.1 Å². The van der Waals surface area contributed by atoms with Crippen LogP contribution in [0.25, 0.3) is 22.7 Å². The molecule has 9 heteroatoms. The van der Waals surface area contributed by atoms with E-state index in [9.17, 15) is 9.59 Å². The number of nitrogen functional groups attached to an aromatic ring is 1. The van der Waals surface area contributed by atoms with Crippen molar-refractivity contribution >= 4 is 41.1 Å². The van der Waals surface area contributed by atoms with Gasteiger partial charge in [-0.2, -0.15) is 0 Å². The fourth-order valence-corrected chi connectivity index (χ4v) is 4.13. The minimum Gasteiger partial charge on any atom is -0.383 e. The van der Waals surface area contributed by atoms with Crippen molar-refractivity contribution in [2.24, 2.45) is 10.7 Å². The number of anilines is 1.